The molecule has 0 aliphatic carbocycles. The van der Waals surface area contributed by atoms with Crippen LogP contribution in [0.25, 0.3) is 0 Å². The molecule has 2 rings (SSSR count). The Morgan fingerprint density at radius 1 is 1.47 bits per heavy atom. The highest BCUT2D eigenvalue weighted by atomic mass is 19.1. The molecule has 0 spiro atoms. The van der Waals surface area contributed by atoms with Crippen LogP contribution in [0.4, 0.5) is 4.39 Å². The van der Waals surface area contributed by atoms with Gasteiger partial charge in [-0.1, -0.05) is 0 Å². The molecule has 1 fully saturated rings. The molecule has 1 saturated heterocycles. The molecule has 0 saturated carbocycles. The van der Waals surface area contributed by atoms with E-state index in [9.17, 15) is 4.39 Å². The lowest BCUT2D eigenvalue weighted by Gasteiger charge is -2.31. The monoisotopic (exact) mass is 232 g/mol. The summed E-state index contributed by atoms with van der Waals surface area (Å²) in [5, 5.41) is 8.83. The Kier molecular flexibility index (Phi) is 3.17. The Balaban J connectivity index is 2.21. The van der Waals surface area contributed by atoms with E-state index in [2.05, 4.69) is 24.8 Å². The van der Waals surface area contributed by atoms with Gasteiger partial charge >= 0.3 is 0 Å². The highest BCUT2D eigenvalue weighted by molar-refractivity contribution is 5.33. The average Bonchev–Trinajstić information content (AvgIpc) is 2.61. The van der Waals surface area contributed by atoms with E-state index < -0.39 is 0 Å². The van der Waals surface area contributed by atoms with Crippen molar-refractivity contribution in [3.05, 3.63) is 35.1 Å². The van der Waals surface area contributed by atoms with Crippen LogP contribution in [0.1, 0.15) is 37.8 Å². The fourth-order valence-corrected chi connectivity index (χ4v) is 2.43. The highest BCUT2D eigenvalue weighted by Crippen LogP contribution is 2.30. The number of hydrogen-bond acceptors (Lipinski definition) is 2. The van der Waals surface area contributed by atoms with Gasteiger partial charge in [0.05, 0.1) is 11.6 Å². The summed E-state index contributed by atoms with van der Waals surface area (Å²) >= 11 is 0. The zero-order valence-electron chi connectivity index (χ0n) is 10.3. The molecule has 0 N–H and O–H groups in total. The first-order chi connectivity index (χ1) is 8.03. The van der Waals surface area contributed by atoms with Crippen molar-refractivity contribution in [3.8, 4) is 6.07 Å². The Bertz CT molecular complexity index is 460. The van der Waals surface area contributed by atoms with Gasteiger partial charge in [-0.2, -0.15) is 5.26 Å². The van der Waals surface area contributed by atoms with E-state index in [-0.39, 0.29) is 11.4 Å². The minimum atomic E-state index is -0.216. The van der Waals surface area contributed by atoms with Crippen LogP contribution >= 0.6 is 0 Å². The van der Waals surface area contributed by atoms with Gasteiger partial charge in [0, 0.05) is 17.6 Å². The highest BCUT2D eigenvalue weighted by Gasteiger charge is 2.31. The molecule has 1 aromatic carbocycles. The second kappa shape index (κ2) is 4.46. The molecule has 0 aromatic heterocycles. The van der Waals surface area contributed by atoms with Crippen LogP contribution in [-0.2, 0) is 6.54 Å². The van der Waals surface area contributed by atoms with Crippen LogP contribution in [-0.4, -0.2) is 17.0 Å². The average molecular weight is 232 g/mol. The van der Waals surface area contributed by atoms with Crippen molar-refractivity contribution in [2.24, 2.45) is 0 Å². The second-order valence-corrected chi connectivity index (χ2v) is 5.26. The van der Waals surface area contributed by atoms with Crippen molar-refractivity contribution < 1.29 is 4.39 Å². The molecule has 2 nitrogen and oxygen atoms in total. The van der Waals surface area contributed by atoms with Gasteiger partial charge in [-0.05, 0) is 51.4 Å². The summed E-state index contributed by atoms with van der Waals surface area (Å²) < 4.78 is 13.7. The molecule has 0 atom stereocenters. The van der Waals surface area contributed by atoms with Crippen molar-refractivity contribution in [3.63, 3.8) is 0 Å². The minimum Gasteiger partial charge on any atom is -0.294 e. The summed E-state index contributed by atoms with van der Waals surface area (Å²) in [5.74, 6) is -0.216. The first kappa shape index (κ1) is 12.1. The number of hydrogen-bond donors (Lipinski definition) is 0. The Morgan fingerprint density at radius 2 is 2.24 bits per heavy atom. The molecule has 0 amide bonds. The van der Waals surface area contributed by atoms with E-state index in [4.69, 9.17) is 5.26 Å². The van der Waals surface area contributed by atoms with Crippen LogP contribution in [0.2, 0.25) is 0 Å². The van der Waals surface area contributed by atoms with Gasteiger partial charge in [0.2, 0.25) is 0 Å². The number of benzene rings is 1. The normalized spacial score (nSPS) is 19.2. The first-order valence-electron chi connectivity index (χ1n) is 5.96. The third kappa shape index (κ3) is 2.48. The molecular formula is C14H17FN2. The SMILES string of the molecule is CC1(C)CCCN1Cc1cc(C#N)ccc1F. The molecule has 17 heavy (non-hydrogen) atoms. The van der Waals surface area contributed by atoms with Crippen molar-refractivity contribution >= 4 is 0 Å². The predicted octanol–water partition coefficient (Wildman–Crippen LogP) is 3.07. The molecule has 1 heterocycles. The smallest absolute Gasteiger partial charge is 0.127 e. The molecule has 1 aliphatic heterocycles. The van der Waals surface area contributed by atoms with Gasteiger partial charge in [-0.3, -0.25) is 4.90 Å². The lowest BCUT2D eigenvalue weighted by Crippen LogP contribution is -2.37. The number of nitrogens with zero attached hydrogens (tertiary/aromatic N) is 2. The summed E-state index contributed by atoms with van der Waals surface area (Å²) in [7, 11) is 0. The Hall–Kier alpha value is -1.40. The van der Waals surface area contributed by atoms with Crippen molar-refractivity contribution in [1.82, 2.24) is 4.90 Å². The summed E-state index contributed by atoms with van der Waals surface area (Å²) in [6, 6.07) is 6.62. The maximum absolute atomic E-state index is 13.7. The molecule has 0 radical (unpaired) electrons. The van der Waals surface area contributed by atoms with Crippen LogP contribution in [0.15, 0.2) is 18.2 Å². The van der Waals surface area contributed by atoms with E-state index in [1.165, 1.54) is 12.1 Å². The molecule has 90 valence electrons. The molecule has 3 heteroatoms. The summed E-state index contributed by atoms with van der Waals surface area (Å²) in [6.45, 7) is 5.97. The van der Waals surface area contributed by atoms with Gasteiger partial charge < -0.3 is 0 Å². The lowest BCUT2D eigenvalue weighted by molar-refractivity contribution is 0.164. The van der Waals surface area contributed by atoms with E-state index >= 15 is 0 Å². The Morgan fingerprint density at radius 3 is 2.82 bits per heavy atom. The molecule has 0 unspecified atom stereocenters. The maximum Gasteiger partial charge on any atom is 0.127 e. The van der Waals surface area contributed by atoms with Crippen molar-refractivity contribution in [2.45, 2.75) is 38.8 Å². The van der Waals surface area contributed by atoms with Gasteiger partial charge in [0.1, 0.15) is 5.82 Å². The van der Waals surface area contributed by atoms with Crippen LogP contribution < -0.4 is 0 Å². The van der Waals surface area contributed by atoms with Crippen molar-refractivity contribution in [2.75, 3.05) is 6.54 Å². The van der Waals surface area contributed by atoms with Crippen LogP contribution in [0.5, 0.6) is 0 Å². The maximum atomic E-state index is 13.7. The first-order valence-corrected chi connectivity index (χ1v) is 5.96. The van der Waals surface area contributed by atoms with E-state index in [1.54, 1.807) is 6.07 Å². The summed E-state index contributed by atoms with van der Waals surface area (Å²) in [4.78, 5) is 2.28. The number of rotatable bonds is 2. The standard InChI is InChI=1S/C14H17FN2/c1-14(2)6-3-7-17(14)10-12-8-11(9-16)4-5-13(12)15/h4-5,8H,3,6-7,10H2,1-2H3. The van der Waals surface area contributed by atoms with Gasteiger partial charge in [-0.15, -0.1) is 0 Å². The zero-order valence-corrected chi connectivity index (χ0v) is 10.3. The molecular weight excluding hydrogens is 215 g/mol. The number of nitriles is 1. The summed E-state index contributed by atoms with van der Waals surface area (Å²) in [6.07, 6.45) is 2.30. The third-order valence-corrected chi connectivity index (χ3v) is 3.61. The van der Waals surface area contributed by atoms with Crippen LogP contribution in [0, 0.1) is 17.1 Å². The fourth-order valence-electron chi connectivity index (χ4n) is 2.43. The largest absolute Gasteiger partial charge is 0.294 e. The van der Waals surface area contributed by atoms with Crippen LogP contribution in [0.3, 0.4) is 0 Å². The van der Waals surface area contributed by atoms with Crippen molar-refractivity contribution in [1.29, 1.82) is 5.26 Å². The molecule has 1 aromatic rings. The quantitative estimate of drug-likeness (QED) is 0.783. The Labute approximate surface area is 102 Å². The van der Waals surface area contributed by atoms with E-state index in [1.807, 2.05) is 0 Å². The third-order valence-electron chi connectivity index (χ3n) is 3.61. The summed E-state index contributed by atoms with van der Waals surface area (Å²) in [5.41, 5.74) is 1.28. The number of halogens is 1. The molecule has 0 bridgehead atoms. The number of likely N-dealkylation sites (tertiary alicyclic amines) is 1. The second-order valence-electron chi connectivity index (χ2n) is 5.26. The lowest BCUT2D eigenvalue weighted by atomic mass is 10.0. The van der Waals surface area contributed by atoms with Gasteiger partial charge in [0.25, 0.3) is 0 Å². The van der Waals surface area contributed by atoms with E-state index in [0.717, 1.165) is 19.4 Å². The zero-order chi connectivity index (χ0) is 12.5. The predicted molar refractivity (Wildman–Crippen MR) is 64.8 cm³/mol. The van der Waals surface area contributed by atoms with E-state index in [0.29, 0.717) is 17.7 Å². The minimum absolute atomic E-state index is 0.134. The topological polar surface area (TPSA) is 27.0 Å². The van der Waals surface area contributed by atoms with Gasteiger partial charge in [0.15, 0.2) is 0 Å². The fraction of sp³-hybridized carbons (Fsp3) is 0.500. The van der Waals surface area contributed by atoms with Gasteiger partial charge in [-0.25, -0.2) is 4.39 Å². The molecule has 1 aliphatic rings.